The predicted octanol–water partition coefficient (Wildman–Crippen LogP) is 2.47. The fraction of sp³-hybridized carbons (Fsp3) is 0.385. The third-order valence-corrected chi connectivity index (χ3v) is 2.40. The van der Waals surface area contributed by atoms with Gasteiger partial charge in [0.25, 0.3) is 0 Å². The first-order valence-corrected chi connectivity index (χ1v) is 5.79. The molecule has 0 spiro atoms. The molecule has 0 unspecified atom stereocenters. The van der Waals surface area contributed by atoms with E-state index in [1.165, 1.54) is 6.07 Å². The molecule has 0 aliphatic rings. The van der Waals surface area contributed by atoms with Crippen molar-refractivity contribution in [3.05, 3.63) is 29.3 Å². The molecule has 0 fully saturated rings. The van der Waals surface area contributed by atoms with Crippen LogP contribution in [0.5, 0.6) is 0 Å². The summed E-state index contributed by atoms with van der Waals surface area (Å²) in [5.41, 5.74) is 1.33. The van der Waals surface area contributed by atoms with Crippen LogP contribution in [0.3, 0.4) is 0 Å². The average molecular weight is 250 g/mol. The monoisotopic (exact) mass is 250 g/mol. The molecule has 0 bridgehead atoms. The van der Waals surface area contributed by atoms with Gasteiger partial charge < -0.3 is 15.7 Å². The van der Waals surface area contributed by atoms with Crippen LogP contribution in [0.1, 0.15) is 29.8 Å². The van der Waals surface area contributed by atoms with E-state index in [2.05, 4.69) is 10.6 Å². The first-order chi connectivity index (χ1) is 8.40. The minimum Gasteiger partial charge on any atom is -0.478 e. The van der Waals surface area contributed by atoms with Crippen molar-refractivity contribution in [1.82, 2.24) is 5.32 Å². The molecule has 2 amide bonds. The Bertz CT molecular complexity index is 456. The summed E-state index contributed by atoms with van der Waals surface area (Å²) in [5, 5.41) is 14.3. The van der Waals surface area contributed by atoms with Gasteiger partial charge >= 0.3 is 12.0 Å². The normalized spacial score (nSPS) is 10.2. The Balaban J connectivity index is 2.70. The third kappa shape index (κ3) is 4.08. The van der Waals surface area contributed by atoms with Crippen molar-refractivity contribution in [3.63, 3.8) is 0 Å². The van der Waals surface area contributed by atoms with E-state index >= 15 is 0 Å². The Morgan fingerprint density at radius 3 is 2.56 bits per heavy atom. The Labute approximate surface area is 106 Å². The lowest BCUT2D eigenvalue weighted by Crippen LogP contribution is -2.31. The SMILES string of the molecule is Cc1ccc(NC(=O)NCC(C)C)cc1C(=O)O. The molecular weight excluding hydrogens is 232 g/mol. The molecule has 1 aromatic rings. The largest absolute Gasteiger partial charge is 0.478 e. The Hall–Kier alpha value is -2.04. The molecule has 0 aromatic heterocycles. The Kier molecular flexibility index (Phi) is 4.71. The van der Waals surface area contributed by atoms with Crippen LogP contribution < -0.4 is 10.6 Å². The van der Waals surface area contributed by atoms with Crippen LogP contribution in [0.25, 0.3) is 0 Å². The molecule has 18 heavy (non-hydrogen) atoms. The van der Waals surface area contributed by atoms with Gasteiger partial charge in [0.2, 0.25) is 0 Å². The van der Waals surface area contributed by atoms with Crippen LogP contribution in [0, 0.1) is 12.8 Å². The number of anilines is 1. The molecule has 98 valence electrons. The predicted molar refractivity (Wildman–Crippen MR) is 70.0 cm³/mol. The number of carboxylic acid groups (broad SMARTS) is 1. The highest BCUT2D eigenvalue weighted by molar-refractivity contribution is 5.94. The van der Waals surface area contributed by atoms with Gasteiger partial charge in [-0.1, -0.05) is 19.9 Å². The van der Waals surface area contributed by atoms with Gasteiger partial charge in [-0.25, -0.2) is 9.59 Å². The molecule has 0 heterocycles. The number of nitrogens with one attached hydrogen (secondary N) is 2. The van der Waals surface area contributed by atoms with E-state index in [1.807, 2.05) is 13.8 Å². The van der Waals surface area contributed by atoms with Crippen molar-refractivity contribution < 1.29 is 14.7 Å². The fourth-order valence-electron chi connectivity index (χ4n) is 1.40. The Morgan fingerprint density at radius 2 is 2.00 bits per heavy atom. The molecule has 0 radical (unpaired) electrons. The summed E-state index contributed by atoms with van der Waals surface area (Å²) in [4.78, 5) is 22.5. The number of aromatic carboxylic acids is 1. The van der Waals surface area contributed by atoms with Gasteiger partial charge in [0.15, 0.2) is 0 Å². The van der Waals surface area contributed by atoms with Crippen molar-refractivity contribution in [3.8, 4) is 0 Å². The number of amides is 2. The molecule has 0 aliphatic carbocycles. The number of hydrogen-bond acceptors (Lipinski definition) is 2. The number of aryl methyl sites for hydroxylation is 1. The highest BCUT2D eigenvalue weighted by Gasteiger charge is 2.09. The van der Waals surface area contributed by atoms with E-state index in [1.54, 1.807) is 19.1 Å². The second-order valence-corrected chi connectivity index (χ2v) is 4.56. The van der Waals surface area contributed by atoms with Crippen LogP contribution in [0.2, 0.25) is 0 Å². The van der Waals surface area contributed by atoms with Crippen LogP contribution in [-0.2, 0) is 0 Å². The van der Waals surface area contributed by atoms with Crippen molar-refractivity contribution in [2.75, 3.05) is 11.9 Å². The van der Waals surface area contributed by atoms with E-state index in [0.29, 0.717) is 23.7 Å². The Morgan fingerprint density at radius 1 is 1.33 bits per heavy atom. The fourth-order valence-corrected chi connectivity index (χ4v) is 1.40. The number of rotatable bonds is 4. The van der Waals surface area contributed by atoms with Gasteiger partial charge in [0.05, 0.1) is 5.56 Å². The molecule has 5 nitrogen and oxygen atoms in total. The van der Waals surface area contributed by atoms with Crippen molar-refractivity contribution in [1.29, 1.82) is 0 Å². The second kappa shape index (κ2) is 6.05. The molecule has 0 saturated heterocycles. The molecule has 0 aliphatic heterocycles. The number of carbonyl (C=O) groups is 2. The molecular formula is C13H18N2O3. The van der Waals surface area contributed by atoms with E-state index < -0.39 is 5.97 Å². The standard InChI is InChI=1S/C13H18N2O3/c1-8(2)7-14-13(18)15-10-5-4-9(3)11(6-10)12(16)17/h4-6,8H,7H2,1-3H3,(H,16,17)(H2,14,15,18). The van der Waals surface area contributed by atoms with Gasteiger partial charge in [0, 0.05) is 12.2 Å². The highest BCUT2D eigenvalue weighted by atomic mass is 16.4. The summed E-state index contributed by atoms with van der Waals surface area (Å²) < 4.78 is 0. The number of carboxylic acids is 1. The average Bonchev–Trinajstić information content (AvgIpc) is 2.28. The van der Waals surface area contributed by atoms with Gasteiger partial charge in [-0.3, -0.25) is 0 Å². The first kappa shape index (κ1) is 14.0. The quantitative estimate of drug-likeness (QED) is 0.768. The van der Waals surface area contributed by atoms with Crippen LogP contribution in [0.15, 0.2) is 18.2 Å². The molecule has 1 rings (SSSR count). The maximum Gasteiger partial charge on any atom is 0.336 e. The number of hydrogen-bond donors (Lipinski definition) is 3. The van der Waals surface area contributed by atoms with Crippen molar-refractivity contribution >= 4 is 17.7 Å². The van der Waals surface area contributed by atoms with E-state index in [9.17, 15) is 9.59 Å². The summed E-state index contributed by atoms with van der Waals surface area (Å²) in [7, 11) is 0. The van der Waals surface area contributed by atoms with Gasteiger partial charge in [-0.2, -0.15) is 0 Å². The maximum atomic E-state index is 11.5. The lowest BCUT2D eigenvalue weighted by atomic mass is 10.1. The van der Waals surface area contributed by atoms with Crippen molar-refractivity contribution in [2.45, 2.75) is 20.8 Å². The van der Waals surface area contributed by atoms with Gasteiger partial charge in [0.1, 0.15) is 0 Å². The van der Waals surface area contributed by atoms with Crippen LogP contribution in [-0.4, -0.2) is 23.7 Å². The minimum atomic E-state index is -1.00. The van der Waals surface area contributed by atoms with E-state index in [0.717, 1.165) is 0 Å². The van der Waals surface area contributed by atoms with E-state index in [-0.39, 0.29) is 11.6 Å². The zero-order valence-corrected chi connectivity index (χ0v) is 10.8. The van der Waals surface area contributed by atoms with Crippen LogP contribution >= 0.6 is 0 Å². The van der Waals surface area contributed by atoms with E-state index in [4.69, 9.17) is 5.11 Å². The summed E-state index contributed by atoms with van der Waals surface area (Å²) in [6.07, 6.45) is 0. The zero-order chi connectivity index (χ0) is 13.7. The number of carbonyl (C=O) groups excluding carboxylic acids is 1. The van der Waals surface area contributed by atoms with Gasteiger partial charge in [-0.05, 0) is 30.5 Å². The summed E-state index contributed by atoms with van der Waals surface area (Å²) in [6, 6.07) is 4.47. The summed E-state index contributed by atoms with van der Waals surface area (Å²) in [6.45, 7) is 6.28. The number of benzene rings is 1. The highest BCUT2D eigenvalue weighted by Crippen LogP contribution is 2.15. The lowest BCUT2D eigenvalue weighted by Gasteiger charge is -2.10. The second-order valence-electron chi connectivity index (χ2n) is 4.56. The minimum absolute atomic E-state index is 0.191. The van der Waals surface area contributed by atoms with Gasteiger partial charge in [-0.15, -0.1) is 0 Å². The molecule has 5 heteroatoms. The molecule has 0 atom stereocenters. The third-order valence-electron chi connectivity index (χ3n) is 2.40. The van der Waals surface area contributed by atoms with Crippen molar-refractivity contribution in [2.24, 2.45) is 5.92 Å². The summed E-state index contributed by atoms with van der Waals surface area (Å²) >= 11 is 0. The topological polar surface area (TPSA) is 78.4 Å². The molecule has 0 saturated carbocycles. The zero-order valence-electron chi connectivity index (χ0n) is 10.8. The first-order valence-electron chi connectivity index (χ1n) is 5.79. The number of urea groups is 1. The van der Waals surface area contributed by atoms with Crippen LogP contribution in [0.4, 0.5) is 10.5 Å². The molecule has 3 N–H and O–H groups in total. The molecule has 1 aromatic carbocycles. The lowest BCUT2D eigenvalue weighted by molar-refractivity contribution is 0.0696. The maximum absolute atomic E-state index is 11.5. The summed E-state index contributed by atoms with van der Waals surface area (Å²) in [5.74, 6) is -0.637. The smallest absolute Gasteiger partial charge is 0.336 e.